The number of hydrogen-bond donors (Lipinski definition) is 1. The van der Waals surface area contributed by atoms with Gasteiger partial charge in [0.1, 0.15) is 5.82 Å². The molecular weight excluding hydrogens is 293 g/mol. The van der Waals surface area contributed by atoms with E-state index in [1.54, 1.807) is 6.07 Å². The summed E-state index contributed by atoms with van der Waals surface area (Å²) in [6, 6.07) is 5.11. The van der Waals surface area contributed by atoms with Crippen molar-refractivity contribution in [3.8, 4) is 0 Å². The molecule has 1 fully saturated rings. The molecule has 0 bridgehead atoms. The molecule has 0 spiro atoms. The van der Waals surface area contributed by atoms with Gasteiger partial charge in [0, 0.05) is 10.0 Å². The second kappa shape index (κ2) is 5.70. The largest absolute Gasteiger partial charge is 0.325 e. The lowest BCUT2D eigenvalue weighted by atomic mass is 9.84. The van der Waals surface area contributed by atoms with Gasteiger partial charge in [-0.3, -0.25) is 0 Å². The lowest BCUT2D eigenvalue weighted by molar-refractivity contribution is 0.358. The second-order valence-electron chi connectivity index (χ2n) is 5.81. The lowest BCUT2D eigenvalue weighted by Crippen LogP contribution is -2.41. The van der Waals surface area contributed by atoms with E-state index in [1.807, 2.05) is 6.07 Å². The van der Waals surface area contributed by atoms with Gasteiger partial charge in [-0.15, -0.1) is 0 Å². The van der Waals surface area contributed by atoms with E-state index >= 15 is 0 Å². The first-order valence-electron chi connectivity index (χ1n) is 6.71. The number of halogens is 2. The predicted octanol–water partition coefficient (Wildman–Crippen LogP) is 4.43. The van der Waals surface area contributed by atoms with Crippen molar-refractivity contribution in [3.05, 3.63) is 34.1 Å². The molecular formula is C15H21BrFN. The zero-order valence-electron chi connectivity index (χ0n) is 10.9. The summed E-state index contributed by atoms with van der Waals surface area (Å²) in [5.74, 6) is 0.614. The van der Waals surface area contributed by atoms with Gasteiger partial charge in [0.2, 0.25) is 0 Å². The van der Waals surface area contributed by atoms with Crippen LogP contribution in [-0.4, -0.2) is 5.54 Å². The maximum absolute atomic E-state index is 13.8. The third-order valence-corrected chi connectivity index (χ3v) is 4.55. The highest BCUT2D eigenvalue weighted by Gasteiger charge is 2.29. The maximum atomic E-state index is 13.8. The summed E-state index contributed by atoms with van der Waals surface area (Å²) in [7, 11) is 0. The average Bonchev–Trinajstić information content (AvgIpc) is 2.47. The molecule has 1 saturated carbocycles. The van der Waals surface area contributed by atoms with Crippen molar-refractivity contribution in [2.24, 2.45) is 11.7 Å². The van der Waals surface area contributed by atoms with Gasteiger partial charge in [0.25, 0.3) is 0 Å². The summed E-state index contributed by atoms with van der Waals surface area (Å²) < 4.78 is 14.7. The molecule has 2 N–H and O–H groups in total. The van der Waals surface area contributed by atoms with Gasteiger partial charge in [-0.2, -0.15) is 0 Å². The molecule has 2 unspecified atom stereocenters. The predicted molar refractivity (Wildman–Crippen MR) is 77.0 cm³/mol. The van der Waals surface area contributed by atoms with Crippen LogP contribution < -0.4 is 5.73 Å². The zero-order chi connectivity index (χ0) is 13.2. The summed E-state index contributed by atoms with van der Waals surface area (Å²) in [6.45, 7) is 2.28. The minimum absolute atomic E-state index is 0.139. The minimum Gasteiger partial charge on any atom is -0.325 e. The van der Waals surface area contributed by atoms with Crippen LogP contribution in [0.25, 0.3) is 0 Å². The second-order valence-corrected chi connectivity index (χ2v) is 6.73. The Hall–Kier alpha value is -0.410. The Morgan fingerprint density at radius 1 is 1.39 bits per heavy atom. The maximum Gasteiger partial charge on any atom is 0.126 e. The van der Waals surface area contributed by atoms with Crippen molar-refractivity contribution in [1.29, 1.82) is 0 Å². The molecule has 3 heteroatoms. The smallest absolute Gasteiger partial charge is 0.126 e. The molecule has 0 amide bonds. The van der Waals surface area contributed by atoms with Crippen LogP contribution in [0.5, 0.6) is 0 Å². The van der Waals surface area contributed by atoms with E-state index in [4.69, 9.17) is 5.73 Å². The normalized spacial score (nSPS) is 29.0. The molecule has 1 aromatic rings. The fraction of sp³-hybridized carbons (Fsp3) is 0.600. The van der Waals surface area contributed by atoms with E-state index in [0.29, 0.717) is 6.42 Å². The highest BCUT2D eigenvalue weighted by Crippen LogP contribution is 2.32. The van der Waals surface area contributed by atoms with E-state index in [-0.39, 0.29) is 11.4 Å². The Labute approximate surface area is 117 Å². The van der Waals surface area contributed by atoms with Crippen LogP contribution in [0, 0.1) is 11.7 Å². The topological polar surface area (TPSA) is 26.0 Å². The molecule has 0 aromatic heterocycles. The highest BCUT2D eigenvalue weighted by molar-refractivity contribution is 9.10. The van der Waals surface area contributed by atoms with Gasteiger partial charge in [-0.1, -0.05) is 35.7 Å². The van der Waals surface area contributed by atoms with Gasteiger partial charge in [-0.25, -0.2) is 4.39 Å². The van der Waals surface area contributed by atoms with Crippen LogP contribution in [-0.2, 0) is 6.42 Å². The SMILES string of the molecule is CC1CCCC(N)(Cc2cc(Br)ccc2F)CC1. The van der Waals surface area contributed by atoms with E-state index in [2.05, 4.69) is 22.9 Å². The van der Waals surface area contributed by atoms with Gasteiger partial charge >= 0.3 is 0 Å². The standard InChI is InChI=1S/C15H21BrFN/c1-11-3-2-7-15(18,8-6-11)10-12-9-13(16)4-5-14(12)17/h4-5,9,11H,2-3,6-8,10,18H2,1H3. The Morgan fingerprint density at radius 3 is 2.94 bits per heavy atom. The van der Waals surface area contributed by atoms with Crippen LogP contribution >= 0.6 is 15.9 Å². The molecule has 1 aliphatic rings. The molecule has 0 saturated heterocycles. The van der Waals surface area contributed by atoms with Crippen molar-refractivity contribution in [1.82, 2.24) is 0 Å². The summed E-state index contributed by atoms with van der Waals surface area (Å²) in [6.07, 6.45) is 6.22. The first-order valence-corrected chi connectivity index (χ1v) is 7.51. The first-order chi connectivity index (χ1) is 8.48. The monoisotopic (exact) mass is 313 g/mol. The molecule has 0 aliphatic heterocycles. The minimum atomic E-state index is -0.230. The molecule has 0 heterocycles. The third-order valence-electron chi connectivity index (χ3n) is 4.06. The summed E-state index contributed by atoms with van der Waals surface area (Å²) in [4.78, 5) is 0. The molecule has 1 aliphatic carbocycles. The molecule has 18 heavy (non-hydrogen) atoms. The van der Waals surface area contributed by atoms with E-state index in [0.717, 1.165) is 41.6 Å². The number of rotatable bonds is 2. The Bertz CT molecular complexity index is 421. The number of hydrogen-bond acceptors (Lipinski definition) is 1. The fourth-order valence-electron chi connectivity index (χ4n) is 2.84. The summed E-state index contributed by atoms with van der Waals surface area (Å²) >= 11 is 3.40. The molecule has 1 aromatic carbocycles. The molecule has 1 nitrogen and oxygen atoms in total. The van der Waals surface area contributed by atoms with E-state index in [9.17, 15) is 4.39 Å². The molecule has 2 atom stereocenters. The third kappa shape index (κ3) is 3.55. The van der Waals surface area contributed by atoms with Gasteiger partial charge in [0.05, 0.1) is 0 Å². The lowest BCUT2D eigenvalue weighted by Gasteiger charge is -2.28. The average molecular weight is 314 g/mol. The summed E-state index contributed by atoms with van der Waals surface area (Å²) in [5.41, 5.74) is 7.00. The van der Waals surface area contributed by atoms with Gasteiger partial charge in [-0.05, 0) is 55.4 Å². The van der Waals surface area contributed by atoms with Crippen LogP contribution in [0.4, 0.5) is 4.39 Å². The van der Waals surface area contributed by atoms with Crippen molar-refractivity contribution >= 4 is 15.9 Å². The Balaban J connectivity index is 2.13. The van der Waals surface area contributed by atoms with Crippen LogP contribution in [0.15, 0.2) is 22.7 Å². The highest BCUT2D eigenvalue weighted by atomic mass is 79.9. The van der Waals surface area contributed by atoms with Crippen LogP contribution in [0.3, 0.4) is 0 Å². The van der Waals surface area contributed by atoms with Crippen molar-refractivity contribution < 1.29 is 4.39 Å². The number of benzene rings is 1. The molecule has 100 valence electrons. The van der Waals surface area contributed by atoms with Gasteiger partial charge in [0.15, 0.2) is 0 Å². The number of nitrogens with two attached hydrogens (primary N) is 1. The van der Waals surface area contributed by atoms with Crippen molar-refractivity contribution in [2.45, 2.75) is 51.0 Å². The first kappa shape index (κ1) is 14.0. The fourth-order valence-corrected chi connectivity index (χ4v) is 3.25. The summed E-state index contributed by atoms with van der Waals surface area (Å²) in [5, 5.41) is 0. The Morgan fingerprint density at radius 2 is 2.17 bits per heavy atom. The molecule has 2 rings (SSSR count). The quantitative estimate of drug-likeness (QED) is 0.803. The van der Waals surface area contributed by atoms with E-state index < -0.39 is 0 Å². The van der Waals surface area contributed by atoms with Crippen LogP contribution in [0.2, 0.25) is 0 Å². The Kier molecular flexibility index (Phi) is 4.44. The van der Waals surface area contributed by atoms with E-state index in [1.165, 1.54) is 12.5 Å². The zero-order valence-corrected chi connectivity index (χ0v) is 12.5. The van der Waals surface area contributed by atoms with Crippen molar-refractivity contribution in [2.75, 3.05) is 0 Å². The molecule has 0 radical (unpaired) electrons. The van der Waals surface area contributed by atoms with Crippen molar-refractivity contribution in [3.63, 3.8) is 0 Å². The van der Waals surface area contributed by atoms with Crippen LogP contribution in [0.1, 0.15) is 44.6 Å². The van der Waals surface area contributed by atoms with Gasteiger partial charge < -0.3 is 5.73 Å².